The van der Waals surface area contributed by atoms with Gasteiger partial charge in [-0.15, -0.1) is 0 Å². The third-order valence-electron chi connectivity index (χ3n) is 3.95. The van der Waals surface area contributed by atoms with Crippen molar-refractivity contribution in [3.63, 3.8) is 0 Å². The monoisotopic (exact) mass is 369 g/mol. The number of benzene rings is 1. The van der Waals surface area contributed by atoms with E-state index in [9.17, 15) is 22.4 Å². The van der Waals surface area contributed by atoms with Crippen molar-refractivity contribution < 1.29 is 22.4 Å². The van der Waals surface area contributed by atoms with Crippen LogP contribution in [-0.4, -0.2) is 47.1 Å². The van der Waals surface area contributed by atoms with Crippen LogP contribution >= 0.6 is 0 Å². The van der Waals surface area contributed by atoms with E-state index in [0.717, 1.165) is 12.1 Å². The number of nitrogens with one attached hydrogen (secondary N) is 1. The van der Waals surface area contributed by atoms with Crippen molar-refractivity contribution in [1.29, 1.82) is 0 Å². The van der Waals surface area contributed by atoms with Crippen LogP contribution < -0.4 is 10.2 Å². The maximum absolute atomic E-state index is 14.0. The molecule has 1 aliphatic heterocycles. The normalized spacial score (nSPS) is 15.1. The molecule has 1 fully saturated rings. The number of alkyl halides is 3. The smallest absolute Gasteiger partial charge is 0.337 e. The predicted octanol–water partition coefficient (Wildman–Crippen LogP) is 2.99. The van der Waals surface area contributed by atoms with Gasteiger partial charge in [-0.25, -0.2) is 19.2 Å². The quantitative estimate of drug-likeness (QED) is 0.827. The van der Waals surface area contributed by atoms with Gasteiger partial charge in [0.25, 0.3) is 0 Å². The van der Waals surface area contributed by atoms with Crippen LogP contribution in [0.15, 0.2) is 36.7 Å². The number of nitrogens with zero attached hydrogens (tertiary/aromatic N) is 4. The van der Waals surface area contributed by atoms with Crippen molar-refractivity contribution in [1.82, 2.24) is 14.9 Å². The van der Waals surface area contributed by atoms with Crippen molar-refractivity contribution in [2.24, 2.45) is 0 Å². The molecule has 0 atom stereocenters. The van der Waals surface area contributed by atoms with Crippen molar-refractivity contribution in [3.05, 3.63) is 48.0 Å². The molecule has 26 heavy (non-hydrogen) atoms. The van der Waals surface area contributed by atoms with Crippen molar-refractivity contribution >= 4 is 17.7 Å². The van der Waals surface area contributed by atoms with Crippen LogP contribution in [-0.2, 0) is 6.18 Å². The summed E-state index contributed by atoms with van der Waals surface area (Å²) in [5.74, 6) is -0.957. The molecule has 138 valence electrons. The first-order chi connectivity index (χ1) is 12.4. The van der Waals surface area contributed by atoms with Crippen molar-refractivity contribution in [2.75, 3.05) is 36.4 Å². The number of piperazine rings is 1. The molecule has 0 saturated carbocycles. The average Bonchev–Trinajstić information content (AvgIpc) is 2.63. The molecule has 0 spiro atoms. The highest BCUT2D eigenvalue weighted by atomic mass is 19.4. The van der Waals surface area contributed by atoms with E-state index in [1.165, 1.54) is 4.90 Å². The topological polar surface area (TPSA) is 61.4 Å². The summed E-state index contributed by atoms with van der Waals surface area (Å²) in [5, 5.41) is 2.21. The Labute approximate surface area is 146 Å². The van der Waals surface area contributed by atoms with Crippen LogP contribution in [0.5, 0.6) is 0 Å². The van der Waals surface area contributed by atoms with Crippen LogP contribution in [0.25, 0.3) is 0 Å². The molecule has 2 heterocycles. The molecular weight excluding hydrogens is 354 g/mol. The van der Waals surface area contributed by atoms with Gasteiger partial charge in [0.2, 0.25) is 5.95 Å². The maximum Gasteiger partial charge on any atom is 0.419 e. The fourth-order valence-corrected chi connectivity index (χ4v) is 2.61. The molecular formula is C16H15F4N5O. The minimum atomic E-state index is -4.83. The van der Waals surface area contributed by atoms with Crippen LogP contribution in [0.3, 0.4) is 0 Å². The number of urea groups is 1. The molecule has 10 heteroatoms. The second-order valence-corrected chi connectivity index (χ2v) is 5.62. The number of carbonyl (C=O) groups is 1. The lowest BCUT2D eigenvalue weighted by molar-refractivity contribution is -0.139. The second-order valence-electron chi connectivity index (χ2n) is 5.62. The van der Waals surface area contributed by atoms with Gasteiger partial charge in [-0.1, -0.05) is 6.07 Å². The molecule has 0 radical (unpaired) electrons. The van der Waals surface area contributed by atoms with Crippen molar-refractivity contribution in [3.8, 4) is 0 Å². The molecule has 0 unspecified atom stereocenters. The lowest BCUT2D eigenvalue weighted by Crippen LogP contribution is -2.50. The van der Waals surface area contributed by atoms with Gasteiger partial charge in [-0.05, 0) is 18.2 Å². The molecule has 2 amide bonds. The Bertz CT molecular complexity index is 776. The Morgan fingerprint density at radius 1 is 1.04 bits per heavy atom. The first-order valence-corrected chi connectivity index (χ1v) is 7.80. The third kappa shape index (κ3) is 3.84. The third-order valence-corrected chi connectivity index (χ3v) is 3.95. The number of aromatic nitrogens is 2. The van der Waals surface area contributed by atoms with E-state index in [-0.39, 0.29) is 0 Å². The number of hydrogen-bond donors (Lipinski definition) is 1. The maximum atomic E-state index is 14.0. The van der Waals surface area contributed by atoms with Gasteiger partial charge >= 0.3 is 12.2 Å². The number of carbonyl (C=O) groups excluding carboxylic acids is 1. The Morgan fingerprint density at radius 3 is 2.31 bits per heavy atom. The Balaban J connectivity index is 1.63. The van der Waals surface area contributed by atoms with Crippen LogP contribution in [0.1, 0.15) is 5.56 Å². The summed E-state index contributed by atoms with van der Waals surface area (Å²) < 4.78 is 52.2. The van der Waals surface area contributed by atoms with Gasteiger partial charge in [0.15, 0.2) is 5.82 Å². The lowest BCUT2D eigenvalue weighted by atomic mass is 10.2. The first-order valence-electron chi connectivity index (χ1n) is 7.80. The van der Waals surface area contributed by atoms with E-state index in [2.05, 4.69) is 15.3 Å². The summed E-state index contributed by atoms with van der Waals surface area (Å²) in [5.41, 5.74) is -1.92. The van der Waals surface area contributed by atoms with E-state index in [1.54, 1.807) is 18.5 Å². The van der Waals surface area contributed by atoms with Gasteiger partial charge in [0.05, 0.1) is 11.3 Å². The van der Waals surface area contributed by atoms with E-state index >= 15 is 0 Å². The van der Waals surface area contributed by atoms with Gasteiger partial charge in [0, 0.05) is 38.6 Å². The molecule has 1 N–H and O–H groups in total. The van der Waals surface area contributed by atoms with Crippen molar-refractivity contribution in [2.45, 2.75) is 6.18 Å². The number of amides is 2. The minimum Gasteiger partial charge on any atom is -0.337 e. The first kappa shape index (κ1) is 17.9. The Kier molecular flexibility index (Phi) is 4.92. The second kappa shape index (κ2) is 7.14. The molecule has 1 aromatic heterocycles. The summed E-state index contributed by atoms with van der Waals surface area (Å²) in [6, 6.07) is 3.81. The molecule has 3 rings (SSSR count). The summed E-state index contributed by atoms with van der Waals surface area (Å²) in [4.78, 5) is 23.8. The minimum absolute atomic E-state index is 0.310. The molecule has 0 bridgehead atoms. The highest BCUT2D eigenvalue weighted by Gasteiger charge is 2.35. The lowest BCUT2D eigenvalue weighted by Gasteiger charge is -2.34. The average molecular weight is 369 g/mol. The molecule has 1 aliphatic rings. The molecule has 6 nitrogen and oxygen atoms in total. The van der Waals surface area contributed by atoms with Gasteiger partial charge in [-0.2, -0.15) is 13.2 Å². The fraction of sp³-hybridized carbons (Fsp3) is 0.312. The highest BCUT2D eigenvalue weighted by Crippen LogP contribution is 2.33. The predicted molar refractivity (Wildman–Crippen MR) is 86.2 cm³/mol. The number of rotatable bonds is 2. The summed E-state index contributed by atoms with van der Waals surface area (Å²) in [6.07, 6.45) is -1.61. The Morgan fingerprint density at radius 2 is 1.69 bits per heavy atom. The number of halogens is 4. The zero-order chi connectivity index (χ0) is 18.7. The SMILES string of the molecule is O=C(Nc1cccc(C(F)(F)F)c1F)N1CCN(c2ncccn2)CC1. The highest BCUT2D eigenvalue weighted by molar-refractivity contribution is 5.89. The van der Waals surface area contributed by atoms with Crippen LogP contribution in [0.2, 0.25) is 0 Å². The number of anilines is 2. The fourth-order valence-electron chi connectivity index (χ4n) is 2.61. The summed E-state index contributed by atoms with van der Waals surface area (Å²) >= 11 is 0. The van der Waals surface area contributed by atoms with E-state index in [4.69, 9.17) is 0 Å². The number of hydrogen-bond acceptors (Lipinski definition) is 4. The van der Waals surface area contributed by atoms with Gasteiger partial charge in [0.1, 0.15) is 0 Å². The summed E-state index contributed by atoms with van der Waals surface area (Å²) in [7, 11) is 0. The van der Waals surface area contributed by atoms with Gasteiger partial charge in [-0.3, -0.25) is 0 Å². The van der Waals surface area contributed by atoms with E-state index < -0.39 is 29.3 Å². The van der Waals surface area contributed by atoms with E-state index in [1.807, 2.05) is 4.90 Å². The zero-order valence-corrected chi connectivity index (χ0v) is 13.5. The largest absolute Gasteiger partial charge is 0.419 e. The van der Waals surface area contributed by atoms with E-state index in [0.29, 0.717) is 38.2 Å². The standard InChI is InChI=1S/C16H15F4N5O/c17-13-11(16(18,19)20)3-1-4-12(13)23-15(26)25-9-7-24(8-10-25)14-21-5-2-6-22-14/h1-6H,7-10H2,(H,23,26). The molecule has 0 aliphatic carbocycles. The Hall–Kier alpha value is -2.91. The van der Waals surface area contributed by atoms with Gasteiger partial charge < -0.3 is 15.1 Å². The molecule has 2 aromatic rings. The molecule has 1 saturated heterocycles. The van der Waals surface area contributed by atoms with Crippen LogP contribution in [0.4, 0.5) is 34.0 Å². The summed E-state index contributed by atoms with van der Waals surface area (Å²) in [6.45, 7) is 1.54. The van der Waals surface area contributed by atoms with Crippen LogP contribution in [0, 0.1) is 5.82 Å². The zero-order valence-electron chi connectivity index (χ0n) is 13.5. The molecule has 1 aromatic carbocycles.